The summed E-state index contributed by atoms with van der Waals surface area (Å²) in [5.41, 5.74) is 1.67. The second-order valence-electron chi connectivity index (χ2n) is 3.04. The van der Waals surface area contributed by atoms with Gasteiger partial charge in [0.15, 0.2) is 0 Å². The molecule has 0 aliphatic heterocycles. The van der Waals surface area contributed by atoms with E-state index in [4.69, 9.17) is 0 Å². The standard InChI is InChI=1S/C9H16/c1-4-8(5-2)9-6-7(9)3/h4,7,9H,5-6H2,1-3H3. The Morgan fingerprint density at radius 2 is 2.22 bits per heavy atom. The molecule has 52 valence electrons. The van der Waals surface area contributed by atoms with E-state index >= 15 is 0 Å². The van der Waals surface area contributed by atoms with Crippen molar-refractivity contribution in [3.63, 3.8) is 0 Å². The Hall–Kier alpha value is -0.260. The molecule has 0 saturated heterocycles. The molecule has 0 aromatic rings. The van der Waals surface area contributed by atoms with Crippen molar-refractivity contribution in [1.29, 1.82) is 0 Å². The van der Waals surface area contributed by atoms with E-state index in [9.17, 15) is 0 Å². The first-order valence-corrected chi connectivity index (χ1v) is 3.94. The van der Waals surface area contributed by atoms with Gasteiger partial charge in [0.2, 0.25) is 0 Å². The molecule has 2 atom stereocenters. The lowest BCUT2D eigenvalue weighted by Crippen LogP contribution is -1.83. The van der Waals surface area contributed by atoms with Gasteiger partial charge in [-0.25, -0.2) is 0 Å². The first kappa shape index (κ1) is 6.85. The molecule has 9 heavy (non-hydrogen) atoms. The largest absolute Gasteiger partial charge is 0.0882 e. The highest BCUT2D eigenvalue weighted by atomic mass is 14.4. The topological polar surface area (TPSA) is 0 Å². The van der Waals surface area contributed by atoms with Crippen LogP contribution in [0.3, 0.4) is 0 Å². The van der Waals surface area contributed by atoms with Gasteiger partial charge in [0.25, 0.3) is 0 Å². The molecule has 1 aliphatic carbocycles. The normalized spacial score (nSPS) is 34.8. The van der Waals surface area contributed by atoms with Gasteiger partial charge in [0.1, 0.15) is 0 Å². The molecule has 0 bridgehead atoms. The summed E-state index contributed by atoms with van der Waals surface area (Å²) in [6.45, 7) is 6.74. The highest BCUT2D eigenvalue weighted by Gasteiger charge is 2.34. The smallest absolute Gasteiger partial charge is 0.0175 e. The minimum Gasteiger partial charge on any atom is -0.0882 e. The molecule has 1 fully saturated rings. The minimum absolute atomic E-state index is 0.958. The van der Waals surface area contributed by atoms with E-state index in [0.717, 1.165) is 11.8 Å². The van der Waals surface area contributed by atoms with Crippen molar-refractivity contribution in [2.24, 2.45) is 11.8 Å². The van der Waals surface area contributed by atoms with Crippen LogP contribution in [0, 0.1) is 11.8 Å². The Bertz CT molecular complexity index is 122. The van der Waals surface area contributed by atoms with Gasteiger partial charge in [-0.1, -0.05) is 25.5 Å². The van der Waals surface area contributed by atoms with Gasteiger partial charge < -0.3 is 0 Å². The van der Waals surface area contributed by atoms with Gasteiger partial charge >= 0.3 is 0 Å². The van der Waals surface area contributed by atoms with Crippen LogP contribution in [0.4, 0.5) is 0 Å². The van der Waals surface area contributed by atoms with Crippen molar-refractivity contribution >= 4 is 0 Å². The maximum atomic E-state index is 2.34. The molecule has 0 aromatic carbocycles. The zero-order valence-corrected chi connectivity index (χ0v) is 6.65. The highest BCUT2D eigenvalue weighted by molar-refractivity contribution is 5.13. The Morgan fingerprint density at radius 3 is 2.33 bits per heavy atom. The average Bonchev–Trinajstić information content (AvgIpc) is 2.51. The predicted octanol–water partition coefficient (Wildman–Crippen LogP) is 3.00. The van der Waals surface area contributed by atoms with Gasteiger partial charge in [-0.2, -0.15) is 0 Å². The molecule has 0 heterocycles. The van der Waals surface area contributed by atoms with Crippen molar-refractivity contribution in [1.82, 2.24) is 0 Å². The Balaban J connectivity index is 2.41. The molecule has 0 nitrogen and oxygen atoms in total. The lowest BCUT2D eigenvalue weighted by molar-refractivity contribution is 0.815. The lowest BCUT2D eigenvalue weighted by Gasteiger charge is -1.98. The summed E-state index contributed by atoms with van der Waals surface area (Å²) >= 11 is 0. The number of hydrogen-bond acceptors (Lipinski definition) is 0. The molecule has 1 aliphatic rings. The number of allylic oxidation sites excluding steroid dienone is 2. The maximum absolute atomic E-state index is 2.34. The fourth-order valence-corrected chi connectivity index (χ4v) is 1.52. The van der Waals surface area contributed by atoms with Crippen LogP contribution in [0.5, 0.6) is 0 Å². The van der Waals surface area contributed by atoms with E-state index in [1.54, 1.807) is 5.57 Å². The summed E-state index contributed by atoms with van der Waals surface area (Å²) in [4.78, 5) is 0. The molecular weight excluding hydrogens is 108 g/mol. The quantitative estimate of drug-likeness (QED) is 0.496. The number of rotatable bonds is 2. The van der Waals surface area contributed by atoms with Crippen LogP contribution in [0.1, 0.15) is 33.6 Å². The maximum Gasteiger partial charge on any atom is -0.0175 e. The summed E-state index contributed by atoms with van der Waals surface area (Å²) in [5.74, 6) is 1.94. The molecule has 1 saturated carbocycles. The van der Waals surface area contributed by atoms with Crippen LogP contribution < -0.4 is 0 Å². The van der Waals surface area contributed by atoms with E-state index < -0.39 is 0 Å². The molecule has 0 heteroatoms. The van der Waals surface area contributed by atoms with Crippen molar-refractivity contribution in [2.45, 2.75) is 33.6 Å². The van der Waals surface area contributed by atoms with Crippen molar-refractivity contribution in [2.75, 3.05) is 0 Å². The van der Waals surface area contributed by atoms with Crippen LogP contribution in [0.2, 0.25) is 0 Å². The monoisotopic (exact) mass is 124 g/mol. The zero-order valence-electron chi connectivity index (χ0n) is 6.65. The van der Waals surface area contributed by atoms with Crippen LogP contribution in [0.15, 0.2) is 11.6 Å². The highest BCUT2D eigenvalue weighted by Crippen LogP contribution is 2.44. The molecule has 0 spiro atoms. The van der Waals surface area contributed by atoms with Crippen LogP contribution in [-0.4, -0.2) is 0 Å². The first-order chi connectivity index (χ1) is 4.29. The third-order valence-corrected chi connectivity index (χ3v) is 2.36. The van der Waals surface area contributed by atoms with Gasteiger partial charge in [0.05, 0.1) is 0 Å². The molecule has 0 radical (unpaired) electrons. The van der Waals surface area contributed by atoms with Crippen LogP contribution in [0.25, 0.3) is 0 Å². The van der Waals surface area contributed by atoms with Crippen molar-refractivity contribution in [3.05, 3.63) is 11.6 Å². The fourth-order valence-electron chi connectivity index (χ4n) is 1.52. The van der Waals surface area contributed by atoms with E-state index in [1.165, 1.54) is 12.8 Å². The Morgan fingerprint density at radius 1 is 1.67 bits per heavy atom. The average molecular weight is 124 g/mol. The SMILES string of the molecule is CC=C(CC)C1CC1C. The summed E-state index contributed by atoms with van der Waals surface area (Å²) < 4.78 is 0. The molecule has 1 rings (SSSR count). The molecule has 0 N–H and O–H groups in total. The van der Waals surface area contributed by atoms with Gasteiger partial charge in [-0.3, -0.25) is 0 Å². The summed E-state index contributed by atoms with van der Waals surface area (Å²) in [5, 5.41) is 0. The predicted molar refractivity (Wildman–Crippen MR) is 41.3 cm³/mol. The Labute approximate surface area is 58.0 Å². The van der Waals surface area contributed by atoms with Gasteiger partial charge in [0, 0.05) is 0 Å². The molecule has 2 unspecified atom stereocenters. The number of hydrogen-bond donors (Lipinski definition) is 0. The van der Waals surface area contributed by atoms with Crippen LogP contribution >= 0.6 is 0 Å². The van der Waals surface area contributed by atoms with Crippen LogP contribution in [-0.2, 0) is 0 Å². The minimum atomic E-state index is 0.958. The lowest BCUT2D eigenvalue weighted by atomic mass is 10.1. The summed E-state index contributed by atoms with van der Waals surface area (Å²) in [7, 11) is 0. The van der Waals surface area contributed by atoms with E-state index in [-0.39, 0.29) is 0 Å². The van der Waals surface area contributed by atoms with Crippen molar-refractivity contribution in [3.8, 4) is 0 Å². The first-order valence-electron chi connectivity index (χ1n) is 3.94. The van der Waals surface area contributed by atoms with Gasteiger partial charge in [-0.15, -0.1) is 0 Å². The fraction of sp³-hybridized carbons (Fsp3) is 0.778. The summed E-state index contributed by atoms with van der Waals surface area (Å²) in [6.07, 6.45) is 4.98. The molecule has 0 aromatic heterocycles. The second kappa shape index (κ2) is 2.55. The van der Waals surface area contributed by atoms with E-state index in [2.05, 4.69) is 26.8 Å². The van der Waals surface area contributed by atoms with Gasteiger partial charge in [-0.05, 0) is 31.6 Å². The summed E-state index contributed by atoms with van der Waals surface area (Å²) in [6, 6.07) is 0. The third kappa shape index (κ3) is 1.35. The Kier molecular flexibility index (Phi) is 1.94. The second-order valence-corrected chi connectivity index (χ2v) is 3.04. The zero-order chi connectivity index (χ0) is 6.85. The van der Waals surface area contributed by atoms with Crippen molar-refractivity contribution < 1.29 is 0 Å². The molecular formula is C9H16. The third-order valence-electron chi connectivity index (χ3n) is 2.36. The molecule has 0 amide bonds. The van der Waals surface area contributed by atoms with E-state index in [0.29, 0.717) is 0 Å². The van der Waals surface area contributed by atoms with E-state index in [1.807, 2.05) is 0 Å².